The SMILES string of the molecule is CC1(C)OB(C(=Cc2ccc3oc(=O)c(C(=O)O)cc3c2)CNC(=O)OCc2ccccc2)OC1(C)C. The third kappa shape index (κ3) is 5.92. The molecular formula is C27H28BNO8. The van der Waals surface area contributed by atoms with E-state index in [2.05, 4.69) is 5.32 Å². The van der Waals surface area contributed by atoms with E-state index in [1.54, 1.807) is 24.3 Å². The number of hydrogen-bond acceptors (Lipinski definition) is 7. The van der Waals surface area contributed by atoms with E-state index in [0.717, 1.165) is 5.56 Å². The van der Waals surface area contributed by atoms with Gasteiger partial charge in [-0.2, -0.15) is 0 Å². The second kappa shape index (κ2) is 10.2. The van der Waals surface area contributed by atoms with Gasteiger partial charge in [0, 0.05) is 11.9 Å². The van der Waals surface area contributed by atoms with Gasteiger partial charge in [0.2, 0.25) is 0 Å². The van der Waals surface area contributed by atoms with E-state index < -0.39 is 41.6 Å². The average molecular weight is 505 g/mol. The van der Waals surface area contributed by atoms with Crippen molar-refractivity contribution in [2.45, 2.75) is 45.5 Å². The summed E-state index contributed by atoms with van der Waals surface area (Å²) in [6, 6.07) is 15.6. The summed E-state index contributed by atoms with van der Waals surface area (Å²) in [6.45, 7) is 7.92. The number of benzene rings is 2. The van der Waals surface area contributed by atoms with Crippen molar-refractivity contribution in [1.29, 1.82) is 0 Å². The number of amides is 1. The lowest BCUT2D eigenvalue weighted by atomic mass is 9.77. The van der Waals surface area contributed by atoms with Gasteiger partial charge in [0.25, 0.3) is 0 Å². The molecular weight excluding hydrogens is 477 g/mol. The summed E-state index contributed by atoms with van der Waals surface area (Å²) >= 11 is 0. The second-order valence-corrected chi connectivity index (χ2v) is 9.77. The number of carboxylic acid groups (broad SMARTS) is 1. The maximum Gasteiger partial charge on any atom is 0.492 e. The maximum atomic E-state index is 12.4. The Morgan fingerprint density at radius 1 is 1.03 bits per heavy atom. The number of alkyl carbamates (subject to hydrolysis) is 1. The average Bonchev–Trinajstić information content (AvgIpc) is 3.07. The standard InChI is InChI=1S/C27H28BNO8/c1-26(2)27(3,4)37-28(36-26)20(15-29-25(33)34-16-17-8-6-5-7-9-17)13-18-10-11-22-19(12-18)14-21(23(30)31)24(32)35-22/h5-14H,15-16H2,1-4H3,(H,29,33)(H,30,31). The van der Waals surface area contributed by atoms with Crippen LogP contribution in [0.2, 0.25) is 0 Å². The van der Waals surface area contributed by atoms with Crippen LogP contribution in [0.3, 0.4) is 0 Å². The van der Waals surface area contributed by atoms with E-state index in [0.29, 0.717) is 16.4 Å². The molecule has 0 aliphatic carbocycles. The molecule has 1 amide bonds. The number of carbonyl (C=O) groups is 2. The summed E-state index contributed by atoms with van der Waals surface area (Å²) in [4.78, 5) is 35.7. The van der Waals surface area contributed by atoms with Gasteiger partial charge in [0.1, 0.15) is 17.8 Å². The summed E-state index contributed by atoms with van der Waals surface area (Å²) in [6.07, 6.45) is 1.18. The maximum absolute atomic E-state index is 12.4. The number of rotatable bonds is 7. The Morgan fingerprint density at radius 3 is 2.35 bits per heavy atom. The Morgan fingerprint density at radius 2 is 1.70 bits per heavy atom. The minimum atomic E-state index is -1.37. The van der Waals surface area contributed by atoms with E-state index in [4.69, 9.17) is 18.5 Å². The number of nitrogens with one attached hydrogen (secondary N) is 1. The van der Waals surface area contributed by atoms with Crippen LogP contribution in [0.1, 0.15) is 49.2 Å². The first-order chi connectivity index (χ1) is 17.4. The van der Waals surface area contributed by atoms with Gasteiger partial charge in [-0.25, -0.2) is 14.4 Å². The second-order valence-electron chi connectivity index (χ2n) is 9.77. The summed E-state index contributed by atoms with van der Waals surface area (Å²) in [5.74, 6) is -1.37. The van der Waals surface area contributed by atoms with Gasteiger partial charge < -0.3 is 28.9 Å². The largest absolute Gasteiger partial charge is 0.492 e. The summed E-state index contributed by atoms with van der Waals surface area (Å²) in [5, 5.41) is 12.4. The van der Waals surface area contributed by atoms with E-state index in [1.807, 2.05) is 58.0 Å². The molecule has 0 saturated carbocycles. The number of ether oxygens (including phenoxy) is 1. The van der Waals surface area contributed by atoms with Crippen molar-refractivity contribution in [1.82, 2.24) is 5.32 Å². The van der Waals surface area contributed by atoms with Crippen LogP contribution in [-0.4, -0.2) is 42.0 Å². The molecule has 1 saturated heterocycles. The monoisotopic (exact) mass is 505 g/mol. The molecule has 2 aromatic carbocycles. The summed E-state index contributed by atoms with van der Waals surface area (Å²) in [5.41, 5.74) is -0.175. The molecule has 1 fully saturated rings. The fraction of sp³-hybridized carbons (Fsp3) is 0.296. The van der Waals surface area contributed by atoms with Gasteiger partial charge in [-0.05, 0) is 62.5 Å². The molecule has 1 aromatic heterocycles. The van der Waals surface area contributed by atoms with Crippen molar-refractivity contribution in [3.05, 3.63) is 87.2 Å². The quantitative estimate of drug-likeness (QED) is 0.357. The molecule has 0 atom stereocenters. The van der Waals surface area contributed by atoms with Crippen LogP contribution in [-0.2, 0) is 20.7 Å². The zero-order chi connectivity index (χ0) is 26.8. The topological polar surface area (TPSA) is 124 Å². The predicted octanol–water partition coefficient (Wildman–Crippen LogP) is 4.43. The highest BCUT2D eigenvalue weighted by molar-refractivity contribution is 6.56. The number of carbonyl (C=O) groups excluding carboxylic acids is 1. The molecule has 0 spiro atoms. The van der Waals surface area contributed by atoms with Crippen molar-refractivity contribution in [2.24, 2.45) is 0 Å². The molecule has 192 valence electrons. The van der Waals surface area contributed by atoms with Crippen LogP contribution >= 0.6 is 0 Å². The van der Waals surface area contributed by atoms with Crippen LogP contribution in [0.25, 0.3) is 17.0 Å². The van der Waals surface area contributed by atoms with Gasteiger partial charge in [0.15, 0.2) is 0 Å². The first-order valence-electron chi connectivity index (χ1n) is 11.8. The predicted molar refractivity (Wildman–Crippen MR) is 138 cm³/mol. The normalized spacial score (nSPS) is 16.5. The van der Waals surface area contributed by atoms with Gasteiger partial charge in [-0.15, -0.1) is 0 Å². The minimum Gasteiger partial charge on any atom is -0.477 e. The number of hydrogen-bond donors (Lipinski definition) is 2. The number of fused-ring (bicyclic) bond motifs is 1. The molecule has 0 radical (unpaired) electrons. The zero-order valence-electron chi connectivity index (χ0n) is 21.1. The van der Waals surface area contributed by atoms with Crippen LogP contribution in [0.15, 0.2) is 69.3 Å². The Balaban J connectivity index is 1.59. The molecule has 0 bridgehead atoms. The van der Waals surface area contributed by atoms with E-state index in [-0.39, 0.29) is 18.7 Å². The lowest BCUT2D eigenvalue weighted by Gasteiger charge is -2.32. The molecule has 10 heteroatoms. The lowest BCUT2D eigenvalue weighted by molar-refractivity contribution is 0.00578. The molecule has 37 heavy (non-hydrogen) atoms. The number of carboxylic acids is 1. The Hall–Kier alpha value is -3.89. The van der Waals surface area contributed by atoms with Crippen LogP contribution in [0, 0.1) is 0 Å². The van der Waals surface area contributed by atoms with Crippen LogP contribution in [0.4, 0.5) is 4.79 Å². The van der Waals surface area contributed by atoms with Crippen molar-refractivity contribution in [2.75, 3.05) is 6.54 Å². The highest BCUT2D eigenvalue weighted by atomic mass is 16.7. The van der Waals surface area contributed by atoms with Gasteiger partial charge in [-0.1, -0.05) is 42.5 Å². The fourth-order valence-electron chi connectivity index (χ4n) is 3.74. The molecule has 1 aliphatic heterocycles. The molecule has 2 N–H and O–H groups in total. The van der Waals surface area contributed by atoms with Crippen LogP contribution in [0.5, 0.6) is 0 Å². The highest BCUT2D eigenvalue weighted by Gasteiger charge is 2.52. The minimum absolute atomic E-state index is 0.0761. The van der Waals surface area contributed by atoms with E-state index in [1.165, 1.54) is 6.07 Å². The third-order valence-electron chi connectivity index (χ3n) is 6.54. The fourth-order valence-corrected chi connectivity index (χ4v) is 3.74. The summed E-state index contributed by atoms with van der Waals surface area (Å²) < 4.78 is 22.8. The molecule has 3 aromatic rings. The van der Waals surface area contributed by atoms with Gasteiger partial charge in [-0.3, -0.25) is 0 Å². The van der Waals surface area contributed by atoms with Gasteiger partial charge in [0.05, 0.1) is 11.2 Å². The van der Waals surface area contributed by atoms with E-state index in [9.17, 15) is 19.5 Å². The Bertz CT molecular complexity index is 1390. The van der Waals surface area contributed by atoms with Crippen molar-refractivity contribution in [3.8, 4) is 0 Å². The Labute approximate surface area is 214 Å². The lowest BCUT2D eigenvalue weighted by Crippen LogP contribution is -2.41. The smallest absolute Gasteiger partial charge is 0.477 e. The number of aromatic carboxylic acids is 1. The zero-order valence-corrected chi connectivity index (χ0v) is 21.1. The summed E-state index contributed by atoms with van der Waals surface area (Å²) in [7, 11) is -0.751. The van der Waals surface area contributed by atoms with E-state index >= 15 is 0 Å². The molecule has 4 rings (SSSR count). The molecule has 0 unspecified atom stereocenters. The Kier molecular flexibility index (Phi) is 7.24. The first kappa shape index (κ1) is 26.2. The van der Waals surface area contributed by atoms with Crippen molar-refractivity contribution < 1.29 is 33.2 Å². The third-order valence-corrected chi connectivity index (χ3v) is 6.54. The molecule has 9 nitrogen and oxygen atoms in total. The first-order valence-corrected chi connectivity index (χ1v) is 11.8. The molecule has 1 aliphatic rings. The van der Waals surface area contributed by atoms with Crippen molar-refractivity contribution in [3.63, 3.8) is 0 Å². The van der Waals surface area contributed by atoms with Crippen molar-refractivity contribution >= 4 is 36.2 Å². The van der Waals surface area contributed by atoms with Gasteiger partial charge >= 0.3 is 24.8 Å². The molecule has 2 heterocycles. The van der Waals surface area contributed by atoms with Crippen LogP contribution < -0.4 is 10.9 Å². The highest BCUT2D eigenvalue weighted by Crippen LogP contribution is 2.38.